The normalized spacial score (nSPS) is 24.2. The molecule has 1 aliphatic heterocycles. The van der Waals surface area contributed by atoms with Crippen molar-refractivity contribution in [2.24, 2.45) is 0 Å². The lowest BCUT2D eigenvalue weighted by atomic mass is 10.1. The maximum Gasteiger partial charge on any atom is 0.193 e. The second-order valence-electron chi connectivity index (χ2n) is 3.54. The van der Waals surface area contributed by atoms with Crippen molar-refractivity contribution in [3.8, 4) is 0 Å². The number of Topliss-reactive ketones (excluding diaryl/α,β-unsaturated/α-hetero) is 1. The Hall–Kier alpha value is -0.940. The number of hydrogen-bond acceptors (Lipinski definition) is 4. The second kappa shape index (κ2) is 5.14. The molecule has 0 aromatic carbocycles. The van der Waals surface area contributed by atoms with Crippen molar-refractivity contribution in [1.29, 1.82) is 0 Å². The number of carbonyl (C=O) groups excluding carboxylic acids is 1. The van der Waals surface area contributed by atoms with Gasteiger partial charge in [0, 0.05) is 24.4 Å². The van der Waals surface area contributed by atoms with Crippen LogP contribution < -0.4 is 0 Å². The summed E-state index contributed by atoms with van der Waals surface area (Å²) in [4.78, 5) is 15.7. The van der Waals surface area contributed by atoms with E-state index in [0.717, 1.165) is 0 Å². The summed E-state index contributed by atoms with van der Waals surface area (Å²) in [6.45, 7) is 0. The fourth-order valence-corrected chi connectivity index (χ4v) is 1.89. The third kappa shape index (κ3) is 2.66. The van der Waals surface area contributed by atoms with Gasteiger partial charge in [0.25, 0.3) is 0 Å². The summed E-state index contributed by atoms with van der Waals surface area (Å²) in [5.74, 6) is -0.167. The van der Waals surface area contributed by atoms with E-state index in [2.05, 4.69) is 4.98 Å². The maximum atomic E-state index is 11.8. The fourth-order valence-electron chi connectivity index (χ4n) is 1.50. The largest absolute Gasteiger partial charge is 0.363 e. The standard InChI is InChI=1S/C11H9Cl2NO3/c12-9-8(17-11(16)10(9)13)4-7(15)6-2-1-3-14-5-6/h1-3,5,8,11,16H,4H2. The van der Waals surface area contributed by atoms with Crippen LogP contribution in [0.15, 0.2) is 34.6 Å². The van der Waals surface area contributed by atoms with Crippen LogP contribution in [0, 0.1) is 0 Å². The van der Waals surface area contributed by atoms with Crippen molar-refractivity contribution in [2.75, 3.05) is 0 Å². The molecule has 90 valence electrons. The zero-order valence-electron chi connectivity index (χ0n) is 8.64. The highest BCUT2D eigenvalue weighted by molar-refractivity contribution is 6.40. The molecule has 1 aromatic heterocycles. The maximum absolute atomic E-state index is 11.8. The summed E-state index contributed by atoms with van der Waals surface area (Å²) in [6.07, 6.45) is 1.14. The highest BCUT2D eigenvalue weighted by atomic mass is 35.5. The summed E-state index contributed by atoms with van der Waals surface area (Å²) in [5.41, 5.74) is 0.470. The fraction of sp³-hybridized carbons (Fsp3) is 0.273. The molecule has 2 rings (SSSR count). The van der Waals surface area contributed by atoms with Crippen LogP contribution in [-0.4, -0.2) is 28.3 Å². The lowest BCUT2D eigenvalue weighted by molar-refractivity contribution is -0.0755. The zero-order chi connectivity index (χ0) is 12.4. The molecule has 0 spiro atoms. The number of ether oxygens (including phenoxy) is 1. The number of carbonyl (C=O) groups is 1. The van der Waals surface area contributed by atoms with Gasteiger partial charge in [-0.2, -0.15) is 0 Å². The lowest BCUT2D eigenvalue weighted by Crippen LogP contribution is -2.17. The number of ketones is 1. The first-order chi connectivity index (χ1) is 8.09. The van der Waals surface area contributed by atoms with Gasteiger partial charge in [-0.05, 0) is 12.1 Å². The van der Waals surface area contributed by atoms with Gasteiger partial charge in [-0.3, -0.25) is 9.78 Å². The van der Waals surface area contributed by atoms with Crippen LogP contribution >= 0.6 is 23.2 Å². The number of hydrogen-bond donors (Lipinski definition) is 1. The van der Waals surface area contributed by atoms with Gasteiger partial charge >= 0.3 is 0 Å². The van der Waals surface area contributed by atoms with Gasteiger partial charge in [0.15, 0.2) is 12.1 Å². The number of nitrogens with zero attached hydrogens (tertiary/aromatic N) is 1. The molecule has 0 saturated carbocycles. The highest BCUT2D eigenvalue weighted by Crippen LogP contribution is 2.33. The molecule has 2 atom stereocenters. The summed E-state index contributed by atoms with van der Waals surface area (Å²) in [6, 6.07) is 3.32. The molecule has 6 heteroatoms. The van der Waals surface area contributed by atoms with Crippen LogP contribution in [0.2, 0.25) is 0 Å². The minimum absolute atomic E-state index is 0.0256. The molecule has 4 nitrogen and oxygen atoms in total. The molecular weight excluding hydrogens is 265 g/mol. The SMILES string of the molecule is O=C(CC1OC(O)C(Cl)=C1Cl)c1cccnc1. The Morgan fingerprint density at radius 1 is 1.47 bits per heavy atom. The van der Waals surface area contributed by atoms with E-state index < -0.39 is 12.4 Å². The first-order valence-corrected chi connectivity index (χ1v) is 5.67. The number of halogens is 2. The number of rotatable bonds is 3. The Balaban J connectivity index is 2.07. The predicted molar refractivity (Wildman–Crippen MR) is 62.8 cm³/mol. The molecule has 0 bridgehead atoms. The van der Waals surface area contributed by atoms with Crippen LogP contribution in [0.1, 0.15) is 16.8 Å². The number of aliphatic hydroxyl groups is 1. The van der Waals surface area contributed by atoms with E-state index in [1.54, 1.807) is 18.3 Å². The van der Waals surface area contributed by atoms with Crippen LogP contribution in [-0.2, 0) is 4.74 Å². The van der Waals surface area contributed by atoms with Crippen molar-refractivity contribution in [1.82, 2.24) is 4.98 Å². The van der Waals surface area contributed by atoms with Crippen LogP contribution in [0.3, 0.4) is 0 Å². The number of aromatic nitrogens is 1. The van der Waals surface area contributed by atoms with Gasteiger partial charge < -0.3 is 9.84 Å². The molecular formula is C11H9Cl2NO3. The molecule has 0 radical (unpaired) electrons. The average molecular weight is 274 g/mol. The Morgan fingerprint density at radius 3 is 2.76 bits per heavy atom. The van der Waals surface area contributed by atoms with Gasteiger partial charge in [0.1, 0.15) is 6.10 Å². The number of aliphatic hydroxyl groups excluding tert-OH is 1. The van der Waals surface area contributed by atoms with Crippen molar-refractivity contribution in [2.45, 2.75) is 18.8 Å². The van der Waals surface area contributed by atoms with Gasteiger partial charge in [0.05, 0.1) is 10.1 Å². The summed E-state index contributed by atoms with van der Waals surface area (Å²) >= 11 is 11.5. The van der Waals surface area contributed by atoms with E-state index in [1.807, 2.05) is 0 Å². The minimum atomic E-state index is -1.24. The lowest BCUT2D eigenvalue weighted by Gasteiger charge is -2.10. The van der Waals surface area contributed by atoms with Gasteiger partial charge in [0.2, 0.25) is 0 Å². The summed E-state index contributed by atoms with van der Waals surface area (Å²) in [5, 5.41) is 9.52. The smallest absolute Gasteiger partial charge is 0.193 e. The Kier molecular flexibility index (Phi) is 3.79. The quantitative estimate of drug-likeness (QED) is 0.857. The van der Waals surface area contributed by atoms with E-state index >= 15 is 0 Å². The van der Waals surface area contributed by atoms with Crippen LogP contribution in [0.25, 0.3) is 0 Å². The topological polar surface area (TPSA) is 59.4 Å². The predicted octanol–water partition coefficient (Wildman–Crippen LogP) is 2.06. The minimum Gasteiger partial charge on any atom is -0.363 e. The Labute approximate surface area is 108 Å². The van der Waals surface area contributed by atoms with E-state index in [1.165, 1.54) is 6.20 Å². The molecule has 0 aliphatic carbocycles. The zero-order valence-corrected chi connectivity index (χ0v) is 10.1. The van der Waals surface area contributed by atoms with Gasteiger partial charge in [-0.25, -0.2) is 0 Å². The molecule has 17 heavy (non-hydrogen) atoms. The van der Waals surface area contributed by atoms with Crippen molar-refractivity contribution in [3.05, 3.63) is 40.2 Å². The van der Waals surface area contributed by atoms with Crippen molar-refractivity contribution >= 4 is 29.0 Å². The molecule has 1 aliphatic rings. The molecule has 2 heterocycles. The van der Waals surface area contributed by atoms with E-state index in [0.29, 0.717) is 5.56 Å². The second-order valence-corrected chi connectivity index (χ2v) is 4.36. The molecule has 1 aromatic rings. The van der Waals surface area contributed by atoms with Crippen molar-refractivity contribution in [3.63, 3.8) is 0 Å². The molecule has 0 saturated heterocycles. The van der Waals surface area contributed by atoms with Gasteiger partial charge in [-0.1, -0.05) is 23.2 Å². The number of pyridine rings is 1. The summed E-state index contributed by atoms with van der Waals surface area (Å²) < 4.78 is 5.05. The van der Waals surface area contributed by atoms with E-state index in [9.17, 15) is 9.90 Å². The highest BCUT2D eigenvalue weighted by Gasteiger charge is 2.33. The van der Waals surface area contributed by atoms with E-state index in [-0.39, 0.29) is 22.3 Å². The molecule has 0 fully saturated rings. The third-order valence-electron chi connectivity index (χ3n) is 2.38. The van der Waals surface area contributed by atoms with E-state index in [4.69, 9.17) is 27.9 Å². The average Bonchev–Trinajstić information content (AvgIpc) is 2.58. The van der Waals surface area contributed by atoms with Gasteiger partial charge in [-0.15, -0.1) is 0 Å². The van der Waals surface area contributed by atoms with Crippen molar-refractivity contribution < 1.29 is 14.6 Å². The first kappa shape index (κ1) is 12.5. The molecule has 1 N–H and O–H groups in total. The monoisotopic (exact) mass is 273 g/mol. The summed E-state index contributed by atoms with van der Waals surface area (Å²) in [7, 11) is 0. The Morgan fingerprint density at radius 2 is 2.24 bits per heavy atom. The van der Waals surface area contributed by atoms with Crippen LogP contribution in [0.4, 0.5) is 0 Å². The Bertz CT molecular complexity index is 461. The third-order valence-corrected chi connectivity index (χ3v) is 3.31. The first-order valence-electron chi connectivity index (χ1n) is 4.91. The molecule has 0 amide bonds. The van der Waals surface area contributed by atoms with Crippen LogP contribution in [0.5, 0.6) is 0 Å². The molecule has 2 unspecified atom stereocenters.